The van der Waals surface area contributed by atoms with Crippen LogP contribution in [0.5, 0.6) is 0 Å². The molecule has 0 atom stereocenters. The van der Waals surface area contributed by atoms with Gasteiger partial charge in [-0.2, -0.15) is 4.72 Å². The molecule has 0 fully saturated rings. The van der Waals surface area contributed by atoms with Crippen LogP contribution in [0.15, 0.2) is 53.4 Å². The second kappa shape index (κ2) is 7.26. The molecule has 2 rings (SSSR count). The molecule has 6 nitrogen and oxygen atoms in total. The second-order valence-corrected chi connectivity index (χ2v) is 6.51. The third-order valence-corrected chi connectivity index (χ3v) is 4.57. The van der Waals surface area contributed by atoms with Gasteiger partial charge in [0.05, 0.1) is 11.5 Å². The Balaban J connectivity index is 2.16. The van der Waals surface area contributed by atoms with E-state index in [0.29, 0.717) is 5.69 Å². The highest BCUT2D eigenvalue weighted by Crippen LogP contribution is 2.26. The number of ether oxygens (including phenoxy) is 1. The van der Waals surface area contributed by atoms with Crippen LogP contribution in [0.2, 0.25) is 0 Å². The average molecular weight is 334 g/mol. The summed E-state index contributed by atoms with van der Waals surface area (Å²) < 4.78 is 31.1. The van der Waals surface area contributed by atoms with Crippen molar-refractivity contribution in [2.75, 3.05) is 18.9 Å². The van der Waals surface area contributed by atoms with E-state index in [2.05, 4.69) is 9.46 Å². The van der Waals surface area contributed by atoms with Crippen molar-refractivity contribution in [2.24, 2.45) is 0 Å². The number of nitrogen functional groups attached to an aromatic ring is 1. The molecule has 0 aliphatic heterocycles. The number of nitrogens with two attached hydrogens (primary N) is 1. The van der Waals surface area contributed by atoms with Crippen molar-refractivity contribution in [3.63, 3.8) is 0 Å². The van der Waals surface area contributed by atoms with E-state index in [1.807, 2.05) is 18.2 Å². The number of anilines is 1. The van der Waals surface area contributed by atoms with Crippen LogP contribution in [0.1, 0.15) is 6.92 Å². The summed E-state index contributed by atoms with van der Waals surface area (Å²) in [5.41, 5.74) is 8.16. The van der Waals surface area contributed by atoms with Crippen molar-refractivity contribution >= 4 is 21.7 Å². The number of sulfonamides is 1. The summed E-state index contributed by atoms with van der Waals surface area (Å²) in [6.07, 6.45) is 0. The number of esters is 1. The number of nitrogens with one attached hydrogen (secondary N) is 1. The molecular formula is C16H18N2O4S. The fraction of sp³-hybridized carbons (Fsp3) is 0.188. The molecule has 0 heterocycles. The quantitative estimate of drug-likeness (QED) is 0.620. The molecule has 0 saturated carbocycles. The summed E-state index contributed by atoms with van der Waals surface area (Å²) in [5.74, 6) is -0.621. The van der Waals surface area contributed by atoms with Gasteiger partial charge in [0.2, 0.25) is 10.0 Å². The molecule has 2 aromatic carbocycles. The summed E-state index contributed by atoms with van der Waals surface area (Å²) in [4.78, 5) is 11.3. The minimum Gasteiger partial charge on any atom is -0.465 e. The number of carbonyl (C=O) groups is 1. The van der Waals surface area contributed by atoms with Crippen molar-refractivity contribution < 1.29 is 17.9 Å². The van der Waals surface area contributed by atoms with Gasteiger partial charge in [0.25, 0.3) is 0 Å². The average Bonchev–Trinajstić information content (AvgIpc) is 2.54. The van der Waals surface area contributed by atoms with Gasteiger partial charge in [-0.3, -0.25) is 4.79 Å². The van der Waals surface area contributed by atoms with Gasteiger partial charge in [0.1, 0.15) is 6.54 Å². The number of rotatable bonds is 6. The minimum absolute atomic E-state index is 0.0695. The highest BCUT2D eigenvalue weighted by atomic mass is 32.2. The van der Waals surface area contributed by atoms with Crippen molar-refractivity contribution in [3.05, 3.63) is 48.5 Å². The monoisotopic (exact) mass is 334 g/mol. The first kappa shape index (κ1) is 17.0. The number of benzene rings is 2. The molecule has 0 bridgehead atoms. The molecule has 122 valence electrons. The predicted octanol–water partition coefficient (Wildman–Crippen LogP) is 1.78. The van der Waals surface area contributed by atoms with Crippen LogP contribution in [0.3, 0.4) is 0 Å². The van der Waals surface area contributed by atoms with Gasteiger partial charge in [0.15, 0.2) is 0 Å². The molecule has 0 spiro atoms. The molecule has 0 radical (unpaired) electrons. The summed E-state index contributed by atoms with van der Waals surface area (Å²) >= 11 is 0. The first-order valence-corrected chi connectivity index (χ1v) is 8.52. The van der Waals surface area contributed by atoms with Gasteiger partial charge in [-0.25, -0.2) is 8.42 Å². The predicted molar refractivity (Wildman–Crippen MR) is 88.1 cm³/mol. The highest BCUT2D eigenvalue weighted by molar-refractivity contribution is 7.89. The number of para-hydroxylation sites is 1. The summed E-state index contributed by atoms with van der Waals surface area (Å²) in [7, 11) is -3.76. The Morgan fingerprint density at radius 2 is 1.78 bits per heavy atom. The van der Waals surface area contributed by atoms with Crippen molar-refractivity contribution in [2.45, 2.75) is 11.8 Å². The van der Waals surface area contributed by atoms with Crippen molar-refractivity contribution in [3.8, 4) is 11.1 Å². The van der Waals surface area contributed by atoms with Gasteiger partial charge in [-0.15, -0.1) is 0 Å². The number of hydrogen-bond donors (Lipinski definition) is 2. The Labute approximate surface area is 135 Å². The summed E-state index contributed by atoms with van der Waals surface area (Å²) in [5, 5.41) is 0. The maximum Gasteiger partial charge on any atom is 0.321 e. The molecule has 0 unspecified atom stereocenters. The van der Waals surface area contributed by atoms with Crippen molar-refractivity contribution in [1.29, 1.82) is 0 Å². The molecule has 0 saturated heterocycles. The zero-order valence-corrected chi connectivity index (χ0v) is 13.5. The lowest BCUT2D eigenvalue weighted by Gasteiger charge is -2.09. The Bertz CT molecular complexity index is 786. The molecule has 23 heavy (non-hydrogen) atoms. The first-order chi connectivity index (χ1) is 10.9. The van der Waals surface area contributed by atoms with E-state index < -0.39 is 22.5 Å². The molecule has 0 amide bonds. The largest absolute Gasteiger partial charge is 0.465 e. The normalized spacial score (nSPS) is 11.2. The smallest absolute Gasteiger partial charge is 0.321 e. The molecule has 7 heteroatoms. The molecule has 3 N–H and O–H groups in total. The van der Waals surface area contributed by atoms with Crippen molar-refractivity contribution in [1.82, 2.24) is 4.72 Å². The third-order valence-electron chi connectivity index (χ3n) is 3.15. The second-order valence-electron chi connectivity index (χ2n) is 4.74. The zero-order chi connectivity index (χ0) is 16.9. The van der Waals surface area contributed by atoms with E-state index in [1.165, 1.54) is 12.1 Å². The van der Waals surface area contributed by atoms with E-state index in [9.17, 15) is 13.2 Å². The van der Waals surface area contributed by atoms with E-state index in [-0.39, 0.29) is 11.5 Å². The van der Waals surface area contributed by atoms with Crippen LogP contribution in [-0.4, -0.2) is 27.5 Å². The van der Waals surface area contributed by atoms with Crippen LogP contribution in [-0.2, 0) is 19.6 Å². The lowest BCUT2D eigenvalue weighted by Crippen LogP contribution is -2.30. The lowest BCUT2D eigenvalue weighted by atomic mass is 10.0. The zero-order valence-electron chi connectivity index (χ0n) is 12.7. The molecule has 0 aliphatic rings. The molecule has 0 aromatic heterocycles. The van der Waals surface area contributed by atoms with E-state index >= 15 is 0 Å². The van der Waals surface area contributed by atoms with Gasteiger partial charge in [0, 0.05) is 11.3 Å². The van der Waals surface area contributed by atoms with E-state index in [4.69, 9.17) is 5.73 Å². The molecular weight excluding hydrogens is 316 g/mol. The van der Waals surface area contributed by atoms with Gasteiger partial charge >= 0.3 is 5.97 Å². The summed E-state index contributed by atoms with van der Waals surface area (Å²) in [6, 6.07) is 13.6. The Morgan fingerprint density at radius 1 is 1.13 bits per heavy atom. The highest BCUT2D eigenvalue weighted by Gasteiger charge is 2.16. The molecule has 2 aromatic rings. The third kappa shape index (κ3) is 4.30. The Kier molecular flexibility index (Phi) is 5.36. The van der Waals surface area contributed by atoms with E-state index in [0.717, 1.165) is 11.1 Å². The summed E-state index contributed by atoms with van der Waals surface area (Å²) in [6.45, 7) is 1.46. The lowest BCUT2D eigenvalue weighted by molar-refractivity contribution is -0.141. The minimum atomic E-state index is -3.76. The maximum atomic E-state index is 12.1. The van der Waals surface area contributed by atoms with Crippen LogP contribution < -0.4 is 10.5 Å². The fourth-order valence-electron chi connectivity index (χ4n) is 2.02. The molecule has 0 aliphatic carbocycles. The Hall–Kier alpha value is -2.38. The van der Waals surface area contributed by atoms with Gasteiger partial charge in [-0.1, -0.05) is 30.3 Å². The topological polar surface area (TPSA) is 98.5 Å². The maximum absolute atomic E-state index is 12.1. The Morgan fingerprint density at radius 3 is 2.39 bits per heavy atom. The number of hydrogen-bond acceptors (Lipinski definition) is 5. The van der Waals surface area contributed by atoms with Crippen LogP contribution in [0, 0.1) is 0 Å². The first-order valence-electron chi connectivity index (χ1n) is 7.04. The standard InChI is InChI=1S/C16H18N2O4S/c1-2-22-16(19)11-18-23(20,21)13-9-7-12(8-10-13)14-5-3-4-6-15(14)17/h3-10,18H,2,11,17H2,1H3. The van der Waals surface area contributed by atoms with Gasteiger partial charge in [-0.05, 0) is 30.7 Å². The van der Waals surface area contributed by atoms with E-state index in [1.54, 1.807) is 25.1 Å². The van der Waals surface area contributed by atoms with Crippen LogP contribution >= 0.6 is 0 Å². The fourth-order valence-corrected chi connectivity index (χ4v) is 2.99. The van der Waals surface area contributed by atoms with Crippen LogP contribution in [0.25, 0.3) is 11.1 Å². The van der Waals surface area contributed by atoms with Crippen LogP contribution in [0.4, 0.5) is 5.69 Å². The number of carbonyl (C=O) groups excluding carboxylic acids is 1. The van der Waals surface area contributed by atoms with Gasteiger partial charge < -0.3 is 10.5 Å². The SMILES string of the molecule is CCOC(=O)CNS(=O)(=O)c1ccc(-c2ccccc2N)cc1.